The van der Waals surface area contributed by atoms with Gasteiger partial charge in [0.25, 0.3) is 0 Å². The van der Waals surface area contributed by atoms with Crippen molar-refractivity contribution in [1.82, 2.24) is 4.90 Å². The lowest BCUT2D eigenvalue weighted by molar-refractivity contribution is -0.128. The second-order valence-corrected chi connectivity index (χ2v) is 4.39. The van der Waals surface area contributed by atoms with E-state index in [0.29, 0.717) is 11.3 Å². The van der Waals surface area contributed by atoms with Gasteiger partial charge in [-0.2, -0.15) is 0 Å². The minimum absolute atomic E-state index is 0.182. The van der Waals surface area contributed by atoms with Crippen LogP contribution in [0.5, 0.6) is 0 Å². The van der Waals surface area contributed by atoms with E-state index in [4.69, 9.17) is 0 Å². The van der Waals surface area contributed by atoms with E-state index in [-0.39, 0.29) is 5.91 Å². The van der Waals surface area contributed by atoms with Crippen LogP contribution in [0.2, 0.25) is 0 Å². The van der Waals surface area contributed by atoms with E-state index in [1.54, 1.807) is 6.92 Å². The number of hydrogen-bond acceptors (Lipinski definition) is 1. The van der Waals surface area contributed by atoms with E-state index in [9.17, 15) is 4.79 Å². The van der Waals surface area contributed by atoms with E-state index in [2.05, 4.69) is 13.8 Å². The molecule has 0 saturated heterocycles. The summed E-state index contributed by atoms with van der Waals surface area (Å²) in [6, 6.07) is 0. The molecule has 1 saturated carbocycles. The molecule has 0 heterocycles. The Hall–Kier alpha value is -0.530. The monoisotopic (exact) mass is 169 g/mol. The molecular formula is C10H19NO. The van der Waals surface area contributed by atoms with E-state index in [1.165, 1.54) is 12.8 Å². The van der Waals surface area contributed by atoms with Crippen LogP contribution in [0.1, 0.15) is 33.6 Å². The number of nitrogens with zero attached hydrogens (tertiary/aromatic N) is 1. The summed E-state index contributed by atoms with van der Waals surface area (Å²) in [6.45, 7) is 7.08. The first-order valence-electron chi connectivity index (χ1n) is 4.70. The smallest absolute Gasteiger partial charge is 0.219 e. The molecule has 1 amide bonds. The van der Waals surface area contributed by atoms with Gasteiger partial charge in [0.1, 0.15) is 0 Å². The number of rotatable bonds is 3. The first kappa shape index (κ1) is 9.56. The Bertz CT molecular complexity index is 182. The molecule has 1 aliphatic rings. The molecule has 0 unspecified atom stereocenters. The van der Waals surface area contributed by atoms with Crippen LogP contribution in [0.15, 0.2) is 0 Å². The summed E-state index contributed by atoms with van der Waals surface area (Å²) < 4.78 is 0. The second-order valence-electron chi connectivity index (χ2n) is 4.39. The summed E-state index contributed by atoms with van der Waals surface area (Å²) in [7, 11) is 1.89. The van der Waals surface area contributed by atoms with Crippen molar-refractivity contribution in [3.63, 3.8) is 0 Å². The van der Waals surface area contributed by atoms with Gasteiger partial charge in [0.05, 0.1) is 0 Å². The average molecular weight is 169 g/mol. The second kappa shape index (κ2) is 3.08. The topological polar surface area (TPSA) is 20.3 Å². The number of carbonyl (C=O) groups excluding carboxylic acids is 1. The molecule has 12 heavy (non-hydrogen) atoms. The zero-order valence-electron chi connectivity index (χ0n) is 8.55. The maximum Gasteiger partial charge on any atom is 0.219 e. The van der Waals surface area contributed by atoms with Crippen LogP contribution in [0.25, 0.3) is 0 Å². The van der Waals surface area contributed by atoms with E-state index < -0.39 is 0 Å². The normalized spacial score (nSPS) is 19.4. The van der Waals surface area contributed by atoms with E-state index >= 15 is 0 Å². The predicted octanol–water partition coefficient (Wildman–Crippen LogP) is 1.90. The summed E-state index contributed by atoms with van der Waals surface area (Å²) in [5.74, 6) is 0.890. The molecule has 0 aromatic rings. The first-order valence-corrected chi connectivity index (χ1v) is 4.70. The summed E-state index contributed by atoms with van der Waals surface area (Å²) in [4.78, 5) is 12.8. The van der Waals surface area contributed by atoms with Gasteiger partial charge in [-0.15, -0.1) is 0 Å². The fourth-order valence-corrected chi connectivity index (χ4v) is 1.66. The Labute approximate surface area is 74.9 Å². The SMILES string of the molecule is CC(=O)N(C)CC1(C(C)C)CC1. The van der Waals surface area contributed by atoms with Crippen LogP contribution in [0.4, 0.5) is 0 Å². The molecule has 0 aliphatic heterocycles. The molecule has 0 bridgehead atoms. The molecule has 1 fully saturated rings. The third-order valence-electron chi connectivity index (χ3n) is 3.21. The van der Waals surface area contributed by atoms with Crippen molar-refractivity contribution in [1.29, 1.82) is 0 Å². The van der Waals surface area contributed by atoms with Crippen LogP contribution >= 0.6 is 0 Å². The third-order valence-corrected chi connectivity index (χ3v) is 3.21. The molecule has 1 aliphatic carbocycles. The van der Waals surface area contributed by atoms with E-state index in [0.717, 1.165) is 6.54 Å². The molecule has 2 nitrogen and oxygen atoms in total. The predicted molar refractivity (Wildman–Crippen MR) is 49.8 cm³/mol. The maximum absolute atomic E-state index is 11.0. The lowest BCUT2D eigenvalue weighted by Gasteiger charge is -2.25. The highest BCUT2D eigenvalue weighted by atomic mass is 16.2. The maximum atomic E-state index is 11.0. The zero-order valence-corrected chi connectivity index (χ0v) is 8.55. The minimum atomic E-state index is 0.182. The van der Waals surface area contributed by atoms with Crippen molar-refractivity contribution in [2.45, 2.75) is 33.6 Å². The van der Waals surface area contributed by atoms with Gasteiger partial charge in [-0.25, -0.2) is 0 Å². The fraction of sp³-hybridized carbons (Fsp3) is 0.900. The summed E-state index contributed by atoms with van der Waals surface area (Å²) in [6.07, 6.45) is 2.59. The molecule has 0 radical (unpaired) electrons. The summed E-state index contributed by atoms with van der Waals surface area (Å²) in [5, 5.41) is 0. The van der Waals surface area contributed by atoms with Crippen molar-refractivity contribution in [3.8, 4) is 0 Å². The van der Waals surface area contributed by atoms with Gasteiger partial charge in [-0.1, -0.05) is 13.8 Å². The van der Waals surface area contributed by atoms with Crippen molar-refractivity contribution in [2.75, 3.05) is 13.6 Å². The van der Waals surface area contributed by atoms with Crippen LogP contribution in [-0.4, -0.2) is 24.4 Å². The molecule has 0 spiro atoms. The highest BCUT2D eigenvalue weighted by Gasteiger charge is 2.46. The van der Waals surface area contributed by atoms with Gasteiger partial charge in [0.2, 0.25) is 5.91 Å². The number of carbonyl (C=O) groups is 1. The van der Waals surface area contributed by atoms with Gasteiger partial charge in [-0.05, 0) is 24.2 Å². The fourth-order valence-electron chi connectivity index (χ4n) is 1.66. The van der Waals surface area contributed by atoms with Gasteiger partial charge >= 0.3 is 0 Å². The first-order chi connectivity index (χ1) is 5.48. The van der Waals surface area contributed by atoms with Gasteiger partial charge in [-0.3, -0.25) is 4.79 Å². The minimum Gasteiger partial charge on any atom is -0.345 e. The van der Waals surface area contributed by atoms with Gasteiger partial charge in [0, 0.05) is 20.5 Å². The highest BCUT2D eigenvalue weighted by molar-refractivity contribution is 5.72. The zero-order chi connectivity index (χ0) is 9.35. The molecule has 70 valence electrons. The van der Waals surface area contributed by atoms with Gasteiger partial charge < -0.3 is 4.90 Å². The van der Waals surface area contributed by atoms with E-state index in [1.807, 2.05) is 11.9 Å². The Balaban J connectivity index is 2.45. The molecule has 0 aromatic carbocycles. The summed E-state index contributed by atoms with van der Waals surface area (Å²) >= 11 is 0. The Morgan fingerprint density at radius 2 is 2.00 bits per heavy atom. The molecule has 0 N–H and O–H groups in total. The lowest BCUT2D eigenvalue weighted by Crippen LogP contribution is -2.33. The van der Waals surface area contributed by atoms with Crippen LogP contribution in [0.3, 0.4) is 0 Å². The van der Waals surface area contributed by atoms with Crippen molar-refractivity contribution < 1.29 is 4.79 Å². The largest absolute Gasteiger partial charge is 0.345 e. The number of amides is 1. The third kappa shape index (κ3) is 1.79. The quantitative estimate of drug-likeness (QED) is 0.632. The Morgan fingerprint density at radius 1 is 1.50 bits per heavy atom. The Kier molecular flexibility index (Phi) is 2.45. The molecule has 2 heteroatoms. The van der Waals surface area contributed by atoms with Crippen molar-refractivity contribution >= 4 is 5.91 Å². The highest BCUT2D eigenvalue weighted by Crippen LogP contribution is 2.52. The van der Waals surface area contributed by atoms with Crippen molar-refractivity contribution in [3.05, 3.63) is 0 Å². The van der Waals surface area contributed by atoms with Crippen LogP contribution in [-0.2, 0) is 4.79 Å². The molecular weight excluding hydrogens is 150 g/mol. The average Bonchev–Trinajstić information content (AvgIpc) is 2.68. The molecule has 0 atom stereocenters. The molecule has 1 rings (SSSR count). The van der Waals surface area contributed by atoms with Crippen LogP contribution in [0, 0.1) is 11.3 Å². The summed E-state index contributed by atoms with van der Waals surface area (Å²) in [5.41, 5.74) is 0.459. The van der Waals surface area contributed by atoms with Crippen molar-refractivity contribution in [2.24, 2.45) is 11.3 Å². The molecule has 0 aromatic heterocycles. The lowest BCUT2D eigenvalue weighted by atomic mass is 9.92. The standard InChI is InChI=1S/C10H19NO/c1-8(2)10(5-6-10)7-11(4)9(3)12/h8H,5-7H2,1-4H3. The van der Waals surface area contributed by atoms with Crippen LogP contribution < -0.4 is 0 Å². The number of hydrogen-bond donors (Lipinski definition) is 0. The van der Waals surface area contributed by atoms with Gasteiger partial charge in [0.15, 0.2) is 0 Å². The Morgan fingerprint density at radius 3 is 2.25 bits per heavy atom.